The third kappa shape index (κ3) is 8.45. The van der Waals surface area contributed by atoms with Crippen LogP contribution in [0.15, 0.2) is 54.6 Å². The molecule has 0 saturated heterocycles. The number of rotatable bonds is 3. The van der Waals surface area contributed by atoms with Gasteiger partial charge in [0.25, 0.3) is 0 Å². The van der Waals surface area contributed by atoms with Gasteiger partial charge in [-0.05, 0) is 82.6 Å². The monoisotopic (exact) mass is 611 g/mol. The second kappa shape index (κ2) is 12.7. The Morgan fingerprint density at radius 1 is 0.304 bits per heavy atom. The van der Waals surface area contributed by atoms with E-state index >= 15 is 0 Å². The fourth-order valence-corrected chi connectivity index (χ4v) is 5.85. The maximum atomic E-state index is 9.43. The Morgan fingerprint density at radius 2 is 0.435 bits per heavy atom. The van der Waals surface area contributed by atoms with Crippen LogP contribution in [-0.4, -0.2) is 0 Å². The maximum absolute atomic E-state index is 9.43. The molecule has 0 amide bonds. The van der Waals surface area contributed by atoms with E-state index in [4.69, 9.17) is 0 Å². The van der Waals surface area contributed by atoms with Crippen molar-refractivity contribution in [1.82, 2.24) is 0 Å². The molecular formula is C45H63Li. The van der Waals surface area contributed by atoms with Crippen molar-refractivity contribution in [3.8, 4) is 5.92 Å². The zero-order valence-corrected chi connectivity index (χ0v) is 33.2. The van der Waals surface area contributed by atoms with Crippen LogP contribution in [0.3, 0.4) is 0 Å². The summed E-state index contributed by atoms with van der Waals surface area (Å²) in [6.45, 7) is 41.3. The molecule has 0 fully saturated rings. The minimum Gasteiger partial charge on any atom is -0.692 e. The van der Waals surface area contributed by atoms with Gasteiger partial charge in [-0.2, -0.15) is 0 Å². The quantitative estimate of drug-likeness (QED) is 0.120. The summed E-state index contributed by atoms with van der Waals surface area (Å²) < 4.78 is 0. The van der Waals surface area contributed by atoms with Gasteiger partial charge < -0.3 is 12.3 Å². The largest absolute Gasteiger partial charge is 1.00 e. The minimum atomic E-state index is -0.913. The molecule has 0 aromatic heterocycles. The average Bonchev–Trinajstić information content (AvgIpc) is 2.86. The number of hydrogen-bond donors (Lipinski definition) is 0. The molecule has 0 nitrogen and oxygen atoms in total. The van der Waals surface area contributed by atoms with E-state index < -0.39 is 5.41 Å². The van der Waals surface area contributed by atoms with E-state index in [0.29, 0.717) is 0 Å². The summed E-state index contributed by atoms with van der Waals surface area (Å²) in [5.74, 6) is 3.29. The van der Waals surface area contributed by atoms with Crippen LogP contribution in [0.4, 0.5) is 0 Å². The SMILES string of the molecule is [C-]#CC(c1cc(C(C)(C)C)cc(C(C)(C)C)c1)(c1cc(C(C)(C)C)cc(C(C)(C)C)c1)c1cc(C(C)(C)C)cc(C(C)(C)C)c1.[Li+]. The Labute approximate surface area is 297 Å². The predicted molar refractivity (Wildman–Crippen MR) is 199 cm³/mol. The molecule has 0 radical (unpaired) electrons. The molecule has 0 bridgehead atoms. The van der Waals surface area contributed by atoms with Crippen molar-refractivity contribution in [3.63, 3.8) is 0 Å². The molecule has 3 aromatic rings. The van der Waals surface area contributed by atoms with Gasteiger partial charge in [-0.1, -0.05) is 179 Å². The van der Waals surface area contributed by atoms with Crippen molar-refractivity contribution >= 4 is 0 Å². The van der Waals surface area contributed by atoms with Crippen molar-refractivity contribution in [3.05, 3.63) is 111 Å². The van der Waals surface area contributed by atoms with E-state index in [1.54, 1.807) is 0 Å². The van der Waals surface area contributed by atoms with Crippen LogP contribution in [0.5, 0.6) is 0 Å². The van der Waals surface area contributed by atoms with Gasteiger partial charge in [0.1, 0.15) is 0 Å². The molecule has 0 heterocycles. The van der Waals surface area contributed by atoms with Gasteiger partial charge in [0.05, 0.1) is 5.41 Å². The Kier molecular flexibility index (Phi) is 11.0. The van der Waals surface area contributed by atoms with Crippen LogP contribution >= 0.6 is 0 Å². The van der Waals surface area contributed by atoms with Gasteiger partial charge in [0, 0.05) is 0 Å². The first-order valence-electron chi connectivity index (χ1n) is 16.9. The van der Waals surface area contributed by atoms with E-state index in [1.165, 1.54) is 33.4 Å². The minimum absolute atomic E-state index is 0. The van der Waals surface area contributed by atoms with E-state index in [0.717, 1.165) is 16.7 Å². The van der Waals surface area contributed by atoms with E-state index in [-0.39, 0.29) is 51.4 Å². The second-order valence-corrected chi connectivity index (χ2v) is 19.8. The summed E-state index contributed by atoms with van der Waals surface area (Å²) in [6, 6.07) is 21.4. The molecular weight excluding hydrogens is 547 g/mol. The third-order valence-electron chi connectivity index (χ3n) is 9.48. The molecule has 0 atom stereocenters. The zero-order valence-electron chi connectivity index (χ0n) is 33.2. The van der Waals surface area contributed by atoms with E-state index in [1.807, 2.05) is 0 Å². The van der Waals surface area contributed by atoms with Crippen LogP contribution < -0.4 is 18.9 Å². The first-order valence-corrected chi connectivity index (χ1v) is 16.9. The van der Waals surface area contributed by atoms with Crippen LogP contribution in [0.25, 0.3) is 0 Å². The summed E-state index contributed by atoms with van der Waals surface area (Å²) in [4.78, 5) is 0. The first-order chi connectivity index (χ1) is 20.0. The Balaban J connectivity index is 0.00000736. The summed E-state index contributed by atoms with van der Waals surface area (Å²) in [5, 5.41) is 0. The van der Waals surface area contributed by atoms with Gasteiger partial charge in [0.15, 0.2) is 0 Å². The summed E-state index contributed by atoms with van der Waals surface area (Å²) in [5.41, 5.74) is 9.82. The molecule has 0 aliphatic heterocycles. The fraction of sp³-hybridized carbons (Fsp3) is 0.556. The molecule has 0 N–H and O–H groups in total. The zero-order chi connectivity index (χ0) is 34.8. The van der Waals surface area contributed by atoms with Gasteiger partial charge >= 0.3 is 18.9 Å². The van der Waals surface area contributed by atoms with E-state index in [2.05, 4.69) is 185 Å². The fourth-order valence-electron chi connectivity index (χ4n) is 5.85. The Bertz CT molecular complexity index is 1300. The molecule has 0 saturated carbocycles. The second-order valence-electron chi connectivity index (χ2n) is 19.8. The third-order valence-corrected chi connectivity index (χ3v) is 9.48. The van der Waals surface area contributed by atoms with Crippen LogP contribution in [-0.2, 0) is 37.9 Å². The molecule has 0 aliphatic carbocycles. The van der Waals surface area contributed by atoms with Crippen molar-refractivity contribution in [2.75, 3.05) is 0 Å². The summed E-state index contributed by atoms with van der Waals surface area (Å²) in [6.07, 6.45) is 9.43. The van der Waals surface area contributed by atoms with Crippen molar-refractivity contribution in [2.24, 2.45) is 0 Å². The smallest absolute Gasteiger partial charge is 0.692 e. The van der Waals surface area contributed by atoms with Gasteiger partial charge in [-0.15, -0.1) is 0 Å². The maximum Gasteiger partial charge on any atom is 1.00 e. The number of hydrogen-bond acceptors (Lipinski definition) is 0. The van der Waals surface area contributed by atoms with Gasteiger partial charge in [-0.3, -0.25) is 0 Å². The molecule has 0 spiro atoms. The number of benzene rings is 3. The Morgan fingerprint density at radius 3 is 0.543 bits per heavy atom. The standard InChI is InChI=1S/C45H63.Li/c1-20-45(36-24-30(39(2,3)4)21-31(25-36)40(5,6)7,37-26-32(41(8,9)10)22-33(27-37)42(11,12)13)38-28-34(43(14,15)16)23-35(29-38)44(17,18)19;/h21-29H,2-19H3;/q-1;+1. The molecule has 3 rings (SSSR count). The van der Waals surface area contributed by atoms with Crippen molar-refractivity contribution < 1.29 is 18.9 Å². The van der Waals surface area contributed by atoms with Gasteiger partial charge in [0.2, 0.25) is 0 Å². The molecule has 0 unspecified atom stereocenters. The van der Waals surface area contributed by atoms with Gasteiger partial charge in [-0.25, -0.2) is 0 Å². The topological polar surface area (TPSA) is 0 Å². The normalized spacial score (nSPS) is 13.7. The van der Waals surface area contributed by atoms with Crippen LogP contribution in [0, 0.1) is 12.3 Å². The van der Waals surface area contributed by atoms with Crippen LogP contribution in [0.2, 0.25) is 0 Å². The molecule has 1 heteroatoms. The Hall–Kier alpha value is -2.18. The first kappa shape index (κ1) is 40.0. The van der Waals surface area contributed by atoms with Crippen LogP contribution in [0.1, 0.15) is 175 Å². The van der Waals surface area contributed by atoms with E-state index in [9.17, 15) is 6.42 Å². The molecule has 244 valence electrons. The van der Waals surface area contributed by atoms with Crippen molar-refractivity contribution in [1.29, 1.82) is 0 Å². The van der Waals surface area contributed by atoms with Crippen molar-refractivity contribution in [2.45, 2.75) is 163 Å². The summed E-state index contributed by atoms with van der Waals surface area (Å²) >= 11 is 0. The summed E-state index contributed by atoms with van der Waals surface area (Å²) in [7, 11) is 0. The molecule has 3 aromatic carbocycles. The average molecular weight is 611 g/mol. The molecule has 0 aliphatic rings. The molecule has 46 heavy (non-hydrogen) atoms. The predicted octanol–water partition coefficient (Wildman–Crippen LogP) is 9.40.